The SMILES string of the molecule is CN1CCc2c(sc(NC(=O)c3ccccc3Oc3ccccc3)c2-c2nc3ccccc3s2)C1. The number of nitrogens with zero attached hydrogens (tertiary/aromatic N) is 2. The number of rotatable bonds is 5. The molecule has 1 aliphatic rings. The van der Waals surface area contributed by atoms with E-state index in [-0.39, 0.29) is 5.91 Å². The lowest BCUT2D eigenvalue weighted by Crippen LogP contribution is -2.25. The van der Waals surface area contributed by atoms with E-state index in [2.05, 4.69) is 23.3 Å². The number of amides is 1. The summed E-state index contributed by atoms with van der Waals surface area (Å²) in [5.74, 6) is 1.03. The minimum absolute atomic E-state index is 0.189. The van der Waals surface area contributed by atoms with E-state index in [0.717, 1.165) is 45.3 Å². The van der Waals surface area contributed by atoms with Gasteiger partial charge < -0.3 is 15.0 Å². The molecule has 0 atom stereocenters. The van der Waals surface area contributed by atoms with Gasteiger partial charge in [0, 0.05) is 23.5 Å². The molecule has 0 saturated carbocycles. The highest BCUT2D eigenvalue weighted by molar-refractivity contribution is 7.23. The van der Waals surface area contributed by atoms with Gasteiger partial charge in [-0.2, -0.15) is 0 Å². The number of nitrogens with one attached hydrogen (secondary N) is 1. The summed E-state index contributed by atoms with van der Waals surface area (Å²) in [6, 6.07) is 25.1. The topological polar surface area (TPSA) is 54.5 Å². The van der Waals surface area contributed by atoms with Crippen molar-refractivity contribution in [2.45, 2.75) is 13.0 Å². The highest BCUT2D eigenvalue weighted by Crippen LogP contribution is 2.45. The van der Waals surface area contributed by atoms with E-state index in [1.54, 1.807) is 28.7 Å². The number of anilines is 1. The normalized spacial score (nSPS) is 13.5. The van der Waals surface area contributed by atoms with Gasteiger partial charge in [0.15, 0.2) is 0 Å². The Morgan fingerprint density at radius 1 is 0.971 bits per heavy atom. The standard InChI is InChI=1S/C28H23N3O2S2/c1-31-16-15-20-24(17-31)35-28(25(20)27-29-21-12-6-8-14-23(21)34-27)30-26(32)19-11-5-7-13-22(19)33-18-9-3-2-4-10-18/h2-14H,15-17H2,1H3,(H,30,32). The lowest BCUT2D eigenvalue weighted by Gasteiger charge is -2.22. The number of carbonyl (C=O) groups excluding carboxylic acids is 1. The smallest absolute Gasteiger partial charge is 0.260 e. The van der Waals surface area contributed by atoms with Crippen molar-refractivity contribution in [1.82, 2.24) is 9.88 Å². The number of thiophene rings is 1. The Balaban J connectivity index is 1.38. The Hall–Kier alpha value is -3.52. The van der Waals surface area contributed by atoms with Crippen molar-refractivity contribution in [2.75, 3.05) is 18.9 Å². The predicted octanol–water partition coefficient (Wildman–Crippen LogP) is 7.06. The van der Waals surface area contributed by atoms with E-state index < -0.39 is 0 Å². The van der Waals surface area contributed by atoms with Crippen LogP contribution >= 0.6 is 22.7 Å². The molecule has 174 valence electrons. The molecule has 1 N–H and O–H groups in total. The Bertz CT molecular complexity index is 1490. The molecule has 0 bridgehead atoms. The van der Waals surface area contributed by atoms with Crippen molar-refractivity contribution in [1.29, 1.82) is 0 Å². The van der Waals surface area contributed by atoms with Gasteiger partial charge in [-0.3, -0.25) is 4.79 Å². The average molecular weight is 498 g/mol. The van der Waals surface area contributed by atoms with Gasteiger partial charge in [0.2, 0.25) is 0 Å². The van der Waals surface area contributed by atoms with Crippen LogP contribution in [0.15, 0.2) is 78.9 Å². The van der Waals surface area contributed by atoms with E-state index in [1.165, 1.54) is 10.4 Å². The molecule has 35 heavy (non-hydrogen) atoms. The molecule has 0 unspecified atom stereocenters. The fourth-order valence-electron chi connectivity index (χ4n) is 4.35. The maximum atomic E-state index is 13.5. The first-order chi connectivity index (χ1) is 17.2. The molecule has 3 heterocycles. The van der Waals surface area contributed by atoms with Gasteiger partial charge in [0.05, 0.1) is 15.8 Å². The number of ether oxygens (including phenoxy) is 1. The highest BCUT2D eigenvalue weighted by Gasteiger charge is 2.27. The molecule has 6 rings (SSSR count). The number of carbonyl (C=O) groups is 1. The van der Waals surface area contributed by atoms with E-state index >= 15 is 0 Å². The molecule has 7 heteroatoms. The van der Waals surface area contributed by atoms with E-state index in [0.29, 0.717) is 17.1 Å². The molecule has 0 saturated heterocycles. The monoisotopic (exact) mass is 497 g/mol. The zero-order chi connectivity index (χ0) is 23.8. The molecule has 0 radical (unpaired) electrons. The Labute approximate surface area is 211 Å². The Kier molecular flexibility index (Phi) is 5.82. The van der Waals surface area contributed by atoms with E-state index in [1.807, 2.05) is 66.7 Å². The van der Waals surface area contributed by atoms with Gasteiger partial charge in [0.25, 0.3) is 5.91 Å². The van der Waals surface area contributed by atoms with Crippen LogP contribution in [0.2, 0.25) is 0 Å². The summed E-state index contributed by atoms with van der Waals surface area (Å²) in [5, 5.41) is 5.02. The van der Waals surface area contributed by atoms with Gasteiger partial charge in [-0.05, 0) is 55.4 Å². The van der Waals surface area contributed by atoms with Crippen LogP contribution in [0, 0.1) is 0 Å². The van der Waals surface area contributed by atoms with E-state index in [9.17, 15) is 4.79 Å². The molecule has 1 amide bonds. The number of aromatic nitrogens is 1. The van der Waals surface area contributed by atoms with Crippen molar-refractivity contribution < 1.29 is 9.53 Å². The number of likely N-dealkylation sites (N-methyl/N-ethyl adjacent to an activating group) is 1. The summed E-state index contributed by atoms with van der Waals surface area (Å²) in [7, 11) is 2.13. The summed E-state index contributed by atoms with van der Waals surface area (Å²) < 4.78 is 7.19. The molecule has 2 aromatic heterocycles. The number of thiazole rings is 1. The number of para-hydroxylation sites is 3. The fraction of sp³-hybridized carbons (Fsp3) is 0.143. The van der Waals surface area contributed by atoms with Gasteiger partial charge >= 0.3 is 0 Å². The molecule has 1 aliphatic heterocycles. The minimum atomic E-state index is -0.189. The van der Waals surface area contributed by atoms with Crippen LogP contribution < -0.4 is 10.1 Å². The van der Waals surface area contributed by atoms with Crippen LogP contribution in [0.25, 0.3) is 20.8 Å². The molecule has 0 fully saturated rings. The van der Waals surface area contributed by atoms with Crippen LogP contribution in [0.5, 0.6) is 11.5 Å². The molecule has 0 spiro atoms. The van der Waals surface area contributed by atoms with Crippen LogP contribution in [-0.2, 0) is 13.0 Å². The Morgan fingerprint density at radius 3 is 2.60 bits per heavy atom. The fourth-order valence-corrected chi connectivity index (χ4v) is 6.79. The van der Waals surface area contributed by atoms with Crippen molar-refractivity contribution >= 4 is 43.8 Å². The lowest BCUT2D eigenvalue weighted by atomic mass is 10.0. The molecule has 5 nitrogen and oxygen atoms in total. The third-order valence-corrected chi connectivity index (χ3v) is 8.27. The number of hydrogen-bond donors (Lipinski definition) is 1. The lowest BCUT2D eigenvalue weighted by molar-refractivity contribution is 0.102. The zero-order valence-corrected chi connectivity index (χ0v) is 20.8. The van der Waals surface area contributed by atoms with Crippen LogP contribution in [-0.4, -0.2) is 29.4 Å². The first-order valence-electron chi connectivity index (χ1n) is 11.5. The van der Waals surface area contributed by atoms with Crippen LogP contribution in [0.3, 0.4) is 0 Å². The average Bonchev–Trinajstić information content (AvgIpc) is 3.45. The summed E-state index contributed by atoms with van der Waals surface area (Å²) in [6.45, 7) is 1.87. The maximum Gasteiger partial charge on any atom is 0.260 e. The third-order valence-electron chi connectivity index (χ3n) is 6.09. The Morgan fingerprint density at radius 2 is 1.74 bits per heavy atom. The molecule has 3 aromatic carbocycles. The van der Waals surface area contributed by atoms with Crippen LogP contribution in [0.1, 0.15) is 20.8 Å². The first-order valence-corrected chi connectivity index (χ1v) is 13.1. The summed E-state index contributed by atoms with van der Waals surface area (Å²) in [5.41, 5.74) is 3.85. The zero-order valence-electron chi connectivity index (χ0n) is 19.2. The minimum Gasteiger partial charge on any atom is -0.457 e. The van der Waals surface area contributed by atoms with E-state index in [4.69, 9.17) is 9.72 Å². The van der Waals surface area contributed by atoms with Gasteiger partial charge in [-0.1, -0.05) is 42.5 Å². The first kappa shape index (κ1) is 22.0. The molecule has 0 aliphatic carbocycles. The third kappa shape index (κ3) is 4.34. The summed E-state index contributed by atoms with van der Waals surface area (Å²) >= 11 is 3.33. The van der Waals surface area contributed by atoms with Crippen molar-refractivity contribution in [3.05, 3.63) is 94.9 Å². The van der Waals surface area contributed by atoms with Crippen molar-refractivity contribution in [3.8, 4) is 22.1 Å². The van der Waals surface area contributed by atoms with Crippen LogP contribution in [0.4, 0.5) is 5.00 Å². The largest absolute Gasteiger partial charge is 0.457 e. The number of fused-ring (bicyclic) bond motifs is 2. The van der Waals surface area contributed by atoms with Crippen molar-refractivity contribution in [3.63, 3.8) is 0 Å². The predicted molar refractivity (Wildman–Crippen MR) is 144 cm³/mol. The second kappa shape index (κ2) is 9.26. The van der Waals surface area contributed by atoms with Gasteiger partial charge in [0.1, 0.15) is 21.5 Å². The maximum absolute atomic E-state index is 13.5. The second-order valence-electron chi connectivity index (χ2n) is 8.55. The molecular weight excluding hydrogens is 474 g/mol. The highest BCUT2D eigenvalue weighted by atomic mass is 32.1. The summed E-state index contributed by atoms with van der Waals surface area (Å²) in [6.07, 6.45) is 0.942. The van der Waals surface area contributed by atoms with Gasteiger partial charge in [-0.25, -0.2) is 4.98 Å². The second-order valence-corrected chi connectivity index (χ2v) is 10.7. The number of hydrogen-bond acceptors (Lipinski definition) is 6. The van der Waals surface area contributed by atoms with Gasteiger partial charge in [-0.15, -0.1) is 22.7 Å². The molecule has 5 aromatic rings. The van der Waals surface area contributed by atoms with Crippen molar-refractivity contribution in [2.24, 2.45) is 0 Å². The summed E-state index contributed by atoms with van der Waals surface area (Å²) in [4.78, 5) is 22.1. The number of benzene rings is 3. The molecular formula is C28H23N3O2S2. The quantitative estimate of drug-likeness (QED) is 0.282.